The molecule has 1 rings (SSSR count). The lowest BCUT2D eigenvalue weighted by molar-refractivity contribution is -0.147. The quantitative estimate of drug-likeness (QED) is 0.617. The molecule has 1 atom stereocenters. The van der Waals surface area contributed by atoms with Gasteiger partial charge in [0.15, 0.2) is 9.84 Å². The van der Waals surface area contributed by atoms with Crippen molar-refractivity contribution in [2.75, 3.05) is 25.2 Å². The third kappa shape index (κ3) is 4.17. The van der Waals surface area contributed by atoms with Crippen LogP contribution in [-0.4, -0.2) is 67.0 Å². The topological polar surface area (TPSA) is 104 Å². The molecule has 1 aliphatic heterocycles. The van der Waals surface area contributed by atoms with Crippen molar-refractivity contribution in [1.82, 2.24) is 10.2 Å². The molecule has 0 aromatic carbocycles. The number of aliphatic hydroxyl groups is 1. The van der Waals surface area contributed by atoms with Gasteiger partial charge in [-0.05, 0) is 20.3 Å². The van der Waals surface area contributed by atoms with E-state index in [9.17, 15) is 18.0 Å². The predicted molar refractivity (Wildman–Crippen MR) is 69.1 cm³/mol. The highest BCUT2D eigenvalue weighted by Gasteiger charge is 2.35. The zero-order valence-corrected chi connectivity index (χ0v) is 12.2. The Kier molecular flexibility index (Phi) is 4.57. The summed E-state index contributed by atoms with van der Waals surface area (Å²) in [5.41, 5.74) is -0.894. The lowest BCUT2D eigenvalue weighted by Gasteiger charge is -2.27. The van der Waals surface area contributed by atoms with Gasteiger partial charge in [0.05, 0.1) is 23.7 Å². The highest BCUT2D eigenvalue weighted by atomic mass is 32.2. The third-order valence-electron chi connectivity index (χ3n) is 3.12. The van der Waals surface area contributed by atoms with Crippen LogP contribution in [0.1, 0.15) is 20.3 Å². The Morgan fingerprint density at radius 3 is 2.42 bits per heavy atom. The molecule has 1 fully saturated rings. The van der Waals surface area contributed by atoms with E-state index in [4.69, 9.17) is 5.11 Å². The van der Waals surface area contributed by atoms with E-state index in [1.807, 2.05) is 0 Å². The highest BCUT2D eigenvalue weighted by molar-refractivity contribution is 7.91. The SMILES string of the molecule is CN(C(=O)C(=O)NC(C)(C)CO)C1CCS(=O)(=O)C1. The van der Waals surface area contributed by atoms with Crippen LogP contribution in [0.4, 0.5) is 0 Å². The standard InChI is InChI=1S/C11H20N2O5S/c1-11(2,7-14)12-9(15)10(16)13(3)8-4-5-19(17,18)6-8/h8,14H,4-7H2,1-3H3,(H,12,15). The van der Waals surface area contributed by atoms with Gasteiger partial charge < -0.3 is 15.3 Å². The number of carbonyl (C=O) groups excluding carboxylic acids is 2. The first-order chi connectivity index (χ1) is 8.58. The van der Waals surface area contributed by atoms with E-state index in [1.54, 1.807) is 13.8 Å². The molecule has 2 N–H and O–H groups in total. The number of hydrogen-bond acceptors (Lipinski definition) is 5. The van der Waals surface area contributed by atoms with Gasteiger partial charge >= 0.3 is 11.8 Å². The van der Waals surface area contributed by atoms with Gasteiger partial charge in [-0.1, -0.05) is 0 Å². The number of carbonyl (C=O) groups is 2. The van der Waals surface area contributed by atoms with Crippen LogP contribution in [0.25, 0.3) is 0 Å². The van der Waals surface area contributed by atoms with Crippen LogP contribution in [-0.2, 0) is 19.4 Å². The number of likely N-dealkylation sites (N-methyl/N-ethyl adjacent to an activating group) is 1. The fourth-order valence-electron chi connectivity index (χ4n) is 1.81. The maximum Gasteiger partial charge on any atom is 0.311 e. The maximum atomic E-state index is 11.9. The number of hydrogen-bond donors (Lipinski definition) is 2. The van der Waals surface area contributed by atoms with Crippen molar-refractivity contribution < 1.29 is 23.1 Å². The van der Waals surface area contributed by atoms with Crippen molar-refractivity contribution in [2.45, 2.75) is 31.8 Å². The first kappa shape index (κ1) is 15.9. The second-order valence-corrected chi connectivity index (χ2v) is 7.70. The molecule has 8 heteroatoms. The monoisotopic (exact) mass is 292 g/mol. The molecule has 0 bridgehead atoms. The van der Waals surface area contributed by atoms with Gasteiger partial charge in [-0.15, -0.1) is 0 Å². The van der Waals surface area contributed by atoms with Crippen LogP contribution in [0, 0.1) is 0 Å². The first-order valence-electron chi connectivity index (χ1n) is 5.98. The molecule has 1 aliphatic rings. The zero-order valence-electron chi connectivity index (χ0n) is 11.3. The minimum Gasteiger partial charge on any atom is -0.394 e. The summed E-state index contributed by atoms with van der Waals surface area (Å²) in [4.78, 5) is 24.7. The van der Waals surface area contributed by atoms with E-state index in [0.717, 1.165) is 4.90 Å². The third-order valence-corrected chi connectivity index (χ3v) is 4.87. The number of rotatable bonds is 3. The van der Waals surface area contributed by atoms with Crippen LogP contribution in [0.2, 0.25) is 0 Å². The normalized spacial score (nSPS) is 22.0. The van der Waals surface area contributed by atoms with Gasteiger partial charge in [-0.2, -0.15) is 0 Å². The second-order valence-electron chi connectivity index (χ2n) is 5.47. The predicted octanol–water partition coefficient (Wildman–Crippen LogP) is -1.48. The van der Waals surface area contributed by atoms with Crippen molar-refractivity contribution in [3.63, 3.8) is 0 Å². The molecule has 0 spiro atoms. The number of nitrogens with one attached hydrogen (secondary N) is 1. The minimum atomic E-state index is -3.11. The van der Waals surface area contributed by atoms with Crippen molar-refractivity contribution >= 4 is 21.7 Å². The van der Waals surface area contributed by atoms with Crippen molar-refractivity contribution in [2.24, 2.45) is 0 Å². The van der Waals surface area contributed by atoms with Gasteiger partial charge in [-0.3, -0.25) is 9.59 Å². The Morgan fingerprint density at radius 2 is 2.00 bits per heavy atom. The molecule has 0 radical (unpaired) electrons. The van der Waals surface area contributed by atoms with Crippen LogP contribution < -0.4 is 5.32 Å². The summed E-state index contributed by atoms with van der Waals surface area (Å²) >= 11 is 0. The fourth-order valence-corrected chi connectivity index (χ4v) is 3.58. The molecular formula is C11H20N2O5S. The highest BCUT2D eigenvalue weighted by Crippen LogP contribution is 2.16. The van der Waals surface area contributed by atoms with E-state index in [0.29, 0.717) is 6.42 Å². The molecule has 0 aliphatic carbocycles. The maximum absolute atomic E-state index is 11.9. The summed E-state index contributed by atoms with van der Waals surface area (Å²) in [6.07, 6.45) is 0.348. The Balaban J connectivity index is 2.65. The average Bonchev–Trinajstić information content (AvgIpc) is 2.67. The van der Waals surface area contributed by atoms with Gasteiger partial charge in [0.25, 0.3) is 0 Å². The molecule has 0 aromatic heterocycles. The molecule has 7 nitrogen and oxygen atoms in total. The largest absolute Gasteiger partial charge is 0.394 e. The molecule has 0 saturated carbocycles. The molecule has 1 heterocycles. The Hall–Kier alpha value is -1.15. The van der Waals surface area contributed by atoms with E-state index >= 15 is 0 Å². The van der Waals surface area contributed by atoms with Gasteiger partial charge in [-0.25, -0.2) is 8.42 Å². The molecular weight excluding hydrogens is 272 g/mol. The fraction of sp³-hybridized carbons (Fsp3) is 0.818. The van der Waals surface area contributed by atoms with Crippen molar-refractivity contribution in [1.29, 1.82) is 0 Å². The first-order valence-corrected chi connectivity index (χ1v) is 7.81. The molecule has 1 saturated heterocycles. The Bertz CT molecular complexity index is 471. The molecule has 0 aromatic rings. The minimum absolute atomic E-state index is 0.0407. The summed E-state index contributed by atoms with van der Waals surface area (Å²) in [5.74, 6) is -1.69. The van der Waals surface area contributed by atoms with Crippen LogP contribution >= 0.6 is 0 Å². The van der Waals surface area contributed by atoms with Crippen LogP contribution in [0.5, 0.6) is 0 Å². The summed E-state index contributed by atoms with van der Waals surface area (Å²) in [5, 5.41) is 11.4. The van der Waals surface area contributed by atoms with Gasteiger partial charge in [0, 0.05) is 13.1 Å². The van der Waals surface area contributed by atoms with Crippen molar-refractivity contribution in [3.05, 3.63) is 0 Å². The molecule has 110 valence electrons. The summed E-state index contributed by atoms with van der Waals surface area (Å²) in [6.45, 7) is 2.87. The molecule has 1 unspecified atom stereocenters. The lowest BCUT2D eigenvalue weighted by Crippen LogP contribution is -2.53. The van der Waals surface area contributed by atoms with Gasteiger partial charge in [0.1, 0.15) is 0 Å². The second kappa shape index (κ2) is 5.46. The van der Waals surface area contributed by atoms with E-state index in [2.05, 4.69) is 5.32 Å². The Labute approximate surface area is 112 Å². The number of nitrogens with zero attached hydrogens (tertiary/aromatic N) is 1. The lowest BCUT2D eigenvalue weighted by atomic mass is 10.1. The summed E-state index contributed by atoms with van der Waals surface area (Å²) in [7, 11) is -1.69. The number of aliphatic hydroxyl groups excluding tert-OH is 1. The molecule has 19 heavy (non-hydrogen) atoms. The zero-order chi connectivity index (χ0) is 14.8. The summed E-state index contributed by atoms with van der Waals surface area (Å²) in [6, 6.07) is -0.458. The Morgan fingerprint density at radius 1 is 1.42 bits per heavy atom. The average molecular weight is 292 g/mol. The van der Waals surface area contributed by atoms with Crippen LogP contribution in [0.15, 0.2) is 0 Å². The summed E-state index contributed by atoms with van der Waals surface area (Å²) < 4.78 is 22.7. The van der Waals surface area contributed by atoms with Gasteiger partial charge in [0.2, 0.25) is 0 Å². The van der Waals surface area contributed by atoms with Crippen LogP contribution in [0.3, 0.4) is 0 Å². The number of sulfone groups is 1. The van der Waals surface area contributed by atoms with E-state index in [1.165, 1.54) is 7.05 Å². The van der Waals surface area contributed by atoms with E-state index in [-0.39, 0.29) is 18.1 Å². The van der Waals surface area contributed by atoms with Crippen molar-refractivity contribution in [3.8, 4) is 0 Å². The molecule has 2 amide bonds. The van der Waals surface area contributed by atoms with E-state index < -0.39 is 33.2 Å². The number of amides is 2. The smallest absolute Gasteiger partial charge is 0.311 e.